The predicted octanol–water partition coefficient (Wildman–Crippen LogP) is 1.63. The Balaban J connectivity index is 2.20. The summed E-state index contributed by atoms with van der Waals surface area (Å²) in [5.41, 5.74) is 6.87. The van der Waals surface area contributed by atoms with E-state index in [-0.39, 0.29) is 6.04 Å². The molecule has 2 aromatic heterocycles. The molecule has 0 bridgehead atoms. The van der Waals surface area contributed by atoms with Crippen molar-refractivity contribution in [3.05, 3.63) is 23.8 Å². The van der Waals surface area contributed by atoms with Crippen LogP contribution in [0.1, 0.15) is 37.3 Å². The monoisotopic (exact) mass is 233 g/mol. The number of aryl methyl sites for hydroxylation is 1. The minimum absolute atomic E-state index is 0.216. The van der Waals surface area contributed by atoms with E-state index in [1.807, 2.05) is 6.92 Å². The van der Waals surface area contributed by atoms with E-state index in [1.54, 1.807) is 12.4 Å². The first kappa shape index (κ1) is 11.7. The molecule has 0 amide bonds. The Morgan fingerprint density at radius 3 is 2.65 bits per heavy atom. The van der Waals surface area contributed by atoms with Crippen LogP contribution in [0.3, 0.4) is 0 Å². The maximum Gasteiger partial charge on any atom is 0.243 e. The summed E-state index contributed by atoms with van der Waals surface area (Å²) in [4.78, 5) is 12.5. The van der Waals surface area contributed by atoms with Gasteiger partial charge in [-0.15, -0.1) is 0 Å². The van der Waals surface area contributed by atoms with E-state index in [0.717, 1.165) is 18.4 Å². The summed E-state index contributed by atoms with van der Waals surface area (Å²) >= 11 is 0. The highest BCUT2D eigenvalue weighted by Crippen LogP contribution is 2.16. The summed E-state index contributed by atoms with van der Waals surface area (Å²) in [6, 6.07) is -0.216. The van der Waals surface area contributed by atoms with Crippen molar-refractivity contribution in [3.8, 4) is 11.6 Å². The lowest BCUT2D eigenvalue weighted by molar-refractivity contribution is 0.348. The van der Waals surface area contributed by atoms with Gasteiger partial charge in [-0.25, -0.2) is 9.97 Å². The summed E-state index contributed by atoms with van der Waals surface area (Å²) in [6.07, 6.45) is 5.21. The Labute approximate surface area is 99.3 Å². The topological polar surface area (TPSA) is 90.7 Å². The molecule has 0 aromatic carbocycles. The molecule has 1 atom stereocenters. The SMILES string of the molecule is CCC[C@@H](N)c1nc(-c2ncc(C)cn2)no1. The second kappa shape index (κ2) is 5.01. The average Bonchev–Trinajstić information content (AvgIpc) is 2.80. The first-order valence-electron chi connectivity index (χ1n) is 5.59. The highest BCUT2D eigenvalue weighted by atomic mass is 16.5. The normalized spacial score (nSPS) is 12.6. The molecular formula is C11H15N5O. The molecule has 0 aliphatic rings. The standard InChI is InChI=1S/C11H15N5O/c1-3-4-8(12)11-15-10(16-17-11)9-13-5-7(2)6-14-9/h5-6,8H,3-4,12H2,1-2H3/t8-/m1/s1. The molecule has 0 spiro atoms. The van der Waals surface area contributed by atoms with Gasteiger partial charge in [-0.2, -0.15) is 4.98 Å². The van der Waals surface area contributed by atoms with Gasteiger partial charge in [-0.1, -0.05) is 18.5 Å². The Bertz CT molecular complexity index is 479. The lowest BCUT2D eigenvalue weighted by atomic mass is 10.2. The van der Waals surface area contributed by atoms with Gasteiger partial charge in [0.2, 0.25) is 17.5 Å². The van der Waals surface area contributed by atoms with Crippen LogP contribution >= 0.6 is 0 Å². The first-order valence-corrected chi connectivity index (χ1v) is 5.59. The Morgan fingerprint density at radius 1 is 1.29 bits per heavy atom. The fourth-order valence-electron chi connectivity index (χ4n) is 1.42. The second-order valence-electron chi connectivity index (χ2n) is 3.94. The van der Waals surface area contributed by atoms with E-state index < -0.39 is 0 Å². The molecule has 6 nitrogen and oxygen atoms in total. The van der Waals surface area contributed by atoms with Crippen molar-refractivity contribution in [2.45, 2.75) is 32.7 Å². The van der Waals surface area contributed by atoms with Gasteiger partial charge in [-0.05, 0) is 18.9 Å². The van der Waals surface area contributed by atoms with Crippen LogP contribution < -0.4 is 5.73 Å². The van der Waals surface area contributed by atoms with Gasteiger partial charge >= 0.3 is 0 Å². The molecular weight excluding hydrogens is 218 g/mol. The van der Waals surface area contributed by atoms with E-state index in [4.69, 9.17) is 10.3 Å². The number of rotatable bonds is 4. The van der Waals surface area contributed by atoms with Gasteiger partial charge in [0.05, 0.1) is 6.04 Å². The highest BCUT2D eigenvalue weighted by molar-refractivity contribution is 5.41. The molecule has 2 N–H and O–H groups in total. The third-order valence-corrected chi connectivity index (χ3v) is 2.34. The van der Waals surface area contributed by atoms with Crippen LogP contribution in [0, 0.1) is 6.92 Å². The van der Waals surface area contributed by atoms with Crippen molar-refractivity contribution in [2.75, 3.05) is 0 Å². The van der Waals surface area contributed by atoms with Crippen molar-refractivity contribution in [1.29, 1.82) is 0 Å². The van der Waals surface area contributed by atoms with E-state index in [1.165, 1.54) is 0 Å². The first-order chi connectivity index (χ1) is 8.20. The number of hydrogen-bond acceptors (Lipinski definition) is 6. The average molecular weight is 233 g/mol. The number of aromatic nitrogens is 4. The molecule has 0 unspecified atom stereocenters. The summed E-state index contributed by atoms with van der Waals surface area (Å²) in [5, 5.41) is 3.83. The van der Waals surface area contributed by atoms with Crippen LogP contribution in [0.5, 0.6) is 0 Å². The smallest absolute Gasteiger partial charge is 0.243 e. The number of nitrogens with two attached hydrogens (primary N) is 1. The zero-order chi connectivity index (χ0) is 12.3. The molecule has 0 aliphatic carbocycles. The van der Waals surface area contributed by atoms with Crippen molar-refractivity contribution >= 4 is 0 Å². The fraction of sp³-hybridized carbons (Fsp3) is 0.455. The molecule has 0 aliphatic heterocycles. The van der Waals surface area contributed by atoms with Gasteiger partial charge in [-0.3, -0.25) is 0 Å². The number of nitrogens with zero attached hydrogens (tertiary/aromatic N) is 4. The van der Waals surface area contributed by atoms with E-state index >= 15 is 0 Å². The Morgan fingerprint density at radius 2 is 2.00 bits per heavy atom. The molecule has 0 radical (unpaired) electrons. The third-order valence-electron chi connectivity index (χ3n) is 2.34. The predicted molar refractivity (Wildman–Crippen MR) is 61.9 cm³/mol. The zero-order valence-electron chi connectivity index (χ0n) is 9.92. The largest absolute Gasteiger partial charge is 0.337 e. The van der Waals surface area contributed by atoms with Crippen LogP contribution in [-0.4, -0.2) is 20.1 Å². The van der Waals surface area contributed by atoms with Gasteiger partial charge in [0.25, 0.3) is 0 Å². The number of hydrogen-bond donors (Lipinski definition) is 1. The Hall–Kier alpha value is -1.82. The third kappa shape index (κ3) is 2.65. The minimum Gasteiger partial charge on any atom is -0.337 e. The van der Waals surface area contributed by atoms with Crippen LogP contribution in [0.4, 0.5) is 0 Å². The molecule has 2 rings (SSSR count). The molecule has 90 valence electrons. The maximum absolute atomic E-state index is 5.88. The molecule has 17 heavy (non-hydrogen) atoms. The van der Waals surface area contributed by atoms with Crippen LogP contribution in [-0.2, 0) is 0 Å². The van der Waals surface area contributed by atoms with Gasteiger partial charge < -0.3 is 10.3 Å². The lowest BCUT2D eigenvalue weighted by Crippen LogP contribution is -2.09. The molecule has 2 aromatic rings. The Kier molecular flexibility index (Phi) is 3.43. The maximum atomic E-state index is 5.88. The molecule has 6 heteroatoms. The zero-order valence-corrected chi connectivity index (χ0v) is 9.92. The van der Waals surface area contributed by atoms with Crippen molar-refractivity contribution in [3.63, 3.8) is 0 Å². The van der Waals surface area contributed by atoms with Crippen LogP contribution in [0.15, 0.2) is 16.9 Å². The van der Waals surface area contributed by atoms with Crippen LogP contribution in [0.25, 0.3) is 11.6 Å². The lowest BCUT2D eigenvalue weighted by Gasteiger charge is -2.01. The molecule has 2 heterocycles. The fourth-order valence-corrected chi connectivity index (χ4v) is 1.42. The summed E-state index contributed by atoms with van der Waals surface area (Å²) in [6.45, 7) is 3.98. The van der Waals surface area contributed by atoms with E-state index in [9.17, 15) is 0 Å². The van der Waals surface area contributed by atoms with Gasteiger partial charge in [0.1, 0.15) is 0 Å². The molecule has 0 saturated heterocycles. The minimum atomic E-state index is -0.216. The summed E-state index contributed by atoms with van der Waals surface area (Å²) in [7, 11) is 0. The quantitative estimate of drug-likeness (QED) is 0.863. The molecule has 0 fully saturated rings. The van der Waals surface area contributed by atoms with E-state index in [0.29, 0.717) is 17.5 Å². The van der Waals surface area contributed by atoms with E-state index in [2.05, 4.69) is 27.0 Å². The van der Waals surface area contributed by atoms with Crippen molar-refractivity contribution in [2.24, 2.45) is 5.73 Å². The van der Waals surface area contributed by atoms with Crippen LogP contribution in [0.2, 0.25) is 0 Å². The molecule has 0 saturated carbocycles. The highest BCUT2D eigenvalue weighted by Gasteiger charge is 2.16. The summed E-state index contributed by atoms with van der Waals surface area (Å²) in [5.74, 6) is 1.27. The van der Waals surface area contributed by atoms with Crippen molar-refractivity contribution in [1.82, 2.24) is 20.1 Å². The van der Waals surface area contributed by atoms with Gasteiger partial charge in [0.15, 0.2) is 0 Å². The second-order valence-corrected chi connectivity index (χ2v) is 3.94. The van der Waals surface area contributed by atoms with Gasteiger partial charge in [0, 0.05) is 12.4 Å². The summed E-state index contributed by atoms with van der Waals surface area (Å²) < 4.78 is 5.10. The van der Waals surface area contributed by atoms with Crippen molar-refractivity contribution < 1.29 is 4.52 Å².